The maximum absolute atomic E-state index is 2.57. The molecule has 0 unspecified atom stereocenters. The van der Waals surface area contributed by atoms with Crippen LogP contribution in [0.4, 0.5) is 0 Å². The largest absolute Gasteiger partial charge is 0.308 e. The third kappa shape index (κ3) is 2.53. The van der Waals surface area contributed by atoms with E-state index in [1.54, 1.807) is 0 Å². The Kier molecular flexibility index (Phi) is 6.59. The van der Waals surface area contributed by atoms with Crippen molar-refractivity contribution < 1.29 is 0 Å². The van der Waals surface area contributed by atoms with Crippen molar-refractivity contribution in [1.82, 2.24) is 13.7 Å². The summed E-state index contributed by atoms with van der Waals surface area (Å²) in [5, 5.41) is 0. The van der Waals surface area contributed by atoms with Crippen molar-refractivity contribution in [2.24, 2.45) is 0 Å². The Morgan fingerprint density at radius 2 is 0.824 bits per heavy atom. The molecule has 0 N–H and O–H groups in total. The van der Waals surface area contributed by atoms with Crippen LogP contribution in [0, 0.1) is 0 Å². The van der Waals surface area contributed by atoms with E-state index in [1.165, 1.54) is 18.1 Å². The van der Waals surface area contributed by atoms with Crippen LogP contribution in [0.15, 0.2) is 0 Å². The standard InChI is InChI=1S/C12H33N3Si2/c1-10-16(11-2,12-3)17(13(4)5,14(6)7)15(8)9/h10-12H2,1-9H3. The first-order valence-electron chi connectivity index (χ1n) is 6.79. The molecule has 0 amide bonds. The van der Waals surface area contributed by atoms with Gasteiger partial charge in [-0.25, -0.2) is 0 Å². The lowest BCUT2D eigenvalue weighted by Gasteiger charge is -2.57. The molecule has 0 fully saturated rings. The summed E-state index contributed by atoms with van der Waals surface area (Å²) in [6.45, 7) is 7.24. The van der Waals surface area contributed by atoms with Crippen molar-refractivity contribution in [3.05, 3.63) is 0 Å². The third-order valence-corrected chi connectivity index (χ3v) is 25.3. The Balaban J connectivity index is 5.88. The summed E-state index contributed by atoms with van der Waals surface area (Å²) < 4.78 is 7.70. The molecular formula is C12H33N3Si2. The van der Waals surface area contributed by atoms with Crippen LogP contribution in [0.25, 0.3) is 0 Å². The first-order chi connectivity index (χ1) is 7.76. The van der Waals surface area contributed by atoms with Crippen molar-refractivity contribution in [1.29, 1.82) is 0 Å². The summed E-state index contributed by atoms with van der Waals surface area (Å²) >= 11 is 0. The predicted octanol–water partition coefficient (Wildman–Crippen LogP) is 2.20. The molecule has 0 saturated carbocycles. The summed E-state index contributed by atoms with van der Waals surface area (Å²) in [7, 11) is 10.8. The van der Waals surface area contributed by atoms with E-state index < -0.39 is 15.7 Å². The summed E-state index contributed by atoms with van der Waals surface area (Å²) in [6.07, 6.45) is 0. The molecule has 0 aromatic rings. The SMILES string of the molecule is CC[Si](CC)(CC)[Si](N(C)C)(N(C)C)N(C)C. The van der Waals surface area contributed by atoms with Gasteiger partial charge in [0.15, 0.2) is 0 Å². The molecule has 0 spiro atoms. The molecule has 0 aliphatic carbocycles. The Bertz CT molecular complexity index is 196. The smallest absolute Gasteiger partial charge is 0.269 e. The van der Waals surface area contributed by atoms with Gasteiger partial charge < -0.3 is 13.7 Å². The zero-order valence-electron chi connectivity index (χ0n) is 13.5. The fraction of sp³-hybridized carbons (Fsp3) is 1.00. The topological polar surface area (TPSA) is 9.72 Å². The fourth-order valence-corrected chi connectivity index (χ4v) is 25.1. The van der Waals surface area contributed by atoms with Crippen LogP contribution in [0.3, 0.4) is 0 Å². The molecule has 0 aliphatic rings. The van der Waals surface area contributed by atoms with E-state index in [-0.39, 0.29) is 0 Å². The molecule has 5 heteroatoms. The highest BCUT2D eigenvalue weighted by molar-refractivity contribution is 7.39. The third-order valence-electron chi connectivity index (χ3n) is 4.61. The number of hydrogen-bond donors (Lipinski definition) is 0. The lowest BCUT2D eigenvalue weighted by atomic mass is 10.9. The van der Waals surface area contributed by atoms with Crippen molar-refractivity contribution >= 4 is 15.7 Å². The van der Waals surface area contributed by atoms with Gasteiger partial charge >= 0.3 is 0 Å². The van der Waals surface area contributed by atoms with Gasteiger partial charge in [0.2, 0.25) is 0 Å². The second-order valence-corrected chi connectivity index (χ2v) is 19.5. The van der Waals surface area contributed by atoms with Crippen LogP contribution in [0.2, 0.25) is 18.1 Å². The number of hydrogen-bond acceptors (Lipinski definition) is 3. The molecule has 0 saturated heterocycles. The predicted molar refractivity (Wildman–Crippen MR) is 84.0 cm³/mol. The molecule has 104 valence electrons. The average molecular weight is 276 g/mol. The van der Waals surface area contributed by atoms with Gasteiger partial charge in [0.1, 0.15) is 7.59 Å². The molecule has 0 radical (unpaired) electrons. The van der Waals surface area contributed by atoms with Gasteiger partial charge in [-0.2, -0.15) is 0 Å². The monoisotopic (exact) mass is 275 g/mol. The molecule has 0 atom stereocenters. The normalized spacial score (nSPS) is 14.1. The van der Waals surface area contributed by atoms with E-state index >= 15 is 0 Å². The molecule has 0 heterocycles. The van der Waals surface area contributed by atoms with E-state index in [4.69, 9.17) is 0 Å². The molecule has 3 nitrogen and oxygen atoms in total. The second kappa shape index (κ2) is 6.47. The van der Waals surface area contributed by atoms with Gasteiger partial charge in [-0.3, -0.25) is 0 Å². The summed E-state index contributed by atoms with van der Waals surface area (Å²) in [6, 6.07) is 4.17. The van der Waals surface area contributed by atoms with E-state index in [0.29, 0.717) is 0 Å². The minimum Gasteiger partial charge on any atom is -0.308 e. The summed E-state index contributed by atoms with van der Waals surface area (Å²) in [5.74, 6) is 0. The van der Waals surface area contributed by atoms with E-state index in [1.807, 2.05) is 0 Å². The Morgan fingerprint density at radius 1 is 0.588 bits per heavy atom. The van der Waals surface area contributed by atoms with Crippen LogP contribution in [-0.4, -0.2) is 71.7 Å². The van der Waals surface area contributed by atoms with Gasteiger partial charge in [0.05, 0.1) is 0 Å². The molecular weight excluding hydrogens is 242 g/mol. The average Bonchev–Trinajstić information content (AvgIpc) is 2.24. The van der Waals surface area contributed by atoms with E-state index in [9.17, 15) is 0 Å². The van der Waals surface area contributed by atoms with Gasteiger partial charge in [0.25, 0.3) is 8.08 Å². The Hall–Kier alpha value is 0.314. The maximum atomic E-state index is 2.57. The summed E-state index contributed by atoms with van der Waals surface area (Å²) in [5.41, 5.74) is 0. The Morgan fingerprint density at radius 3 is 0.882 bits per heavy atom. The van der Waals surface area contributed by atoms with E-state index in [0.717, 1.165) is 0 Å². The van der Waals surface area contributed by atoms with Crippen LogP contribution >= 0.6 is 0 Å². The second-order valence-electron chi connectivity index (χ2n) is 5.66. The highest BCUT2D eigenvalue weighted by atomic mass is 29.3. The first kappa shape index (κ1) is 17.3. The molecule has 0 aliphatic heterocycles. The number of rotatable bonds is 7. The lowest BCUT2D eigenvalue weighted by Crippen LogP contribution is -2.83. The minimum atomic E-state index is -1.67. The van der Waals surface area contributed by atoms with Crippen LogP contribution < -0.4 is 0 Å². The highest BCUT2D eigenvalue weighted by Gasteiger charge is 2.58. The van der Waals surface area contributed by atoms with E-state index in [2.05, 4.69) is 76.8 Å². The highest BCUT2D eigenvalue weighted by Crippen LogP contribution is 2.34. The molecule has 0 aromatic heterocycles. The summed E-state index contributed by atoms with van der Waals surface area (Å²) in [4.78, 5) is 0. The van der Waals surface area contributed by atoms with Gasteiger partial charge in [-0.05, 0) is 42.3 Å². The van der Waals surface area contributed by atoms with Crippen molar-refractivity contribution in [2.75, 3.05) is 42.3 Å². The minimum absolute atomic E-state index is 1.27. The zero-order chi connectivity index (χ0) is 13.9. The lowest BCUT2D eigenvalue weighted by molar-refractivity contribution is 0.400. The van der Waals surface area contributed by atoms with Gasteiger partial charge in [-0.1, -0.05) is 38.9 Å². The Labute approximate surface area is 111 Å². The molecule has 0 aromatic carbocycles. The first-order valence-corrected chi connectivity index (χ1v) is 12.2. The van der Waals surface area contributed by atoms with Crippen LogP contribution in [0.5, 0.6) is 0 Å². The molecule has 0 rings (SSSR count). The van der Waals surface area contributed by atoms with Crippen molar-refractivity contribution in [3.63, 3.8) is 0 Å². The van der Waals surface area contributed by atoms with Crippen molar-refractivity contribution in [2.45, 2.75) is 38.9 Å². The molecule has 17 heavy (non-hydrogen) atoms. The van der Waals surface area contributed by atoms with Gasteiger partial charge in [0, 0.05) is 0 Å². The zero-order valence-corrected chi connectivity index (χ0v) is 15.5. The molecule has 0 bridgehead atoms. The quantitative estimate of drug-likeness (QED) is 0.660. The van der Waals surface area contributed by atoms with Crippen LogP contribution in [-0.2, 0) is 0 Å². The maximum Gasteiger partial charge on any atom is 0.269 e. The van der Waals surface area contributed by atoms with Gasteiger partial charge in [-0.15, -0.1) is 0 Å². The van der Waals surface area contributed by atoms with Crippen LogP contribution in [0.1, 0.15) is 20.8 Å². The van der Waals surface area contributed by atoms with Crippen molar-refractivity contribution in [3.8, 4) is 0 Å². The fourth-order valence-electron chi connectivity index (χ4n) is 4.08. The number of nitrogens with zero attached hydrogens (tertiary/aromatic N) is 3.